The number of carbonyl (C=O) groups is 3. The van der Waals surface area contributed by atoms with Gasteiger partial charge in [0.1, 0.15) is 22.6 Å². The highest BCUT2D eigenvalue weighted by Gasteiger charge is 2.10. The molecular weight excluding hydrogens is 564 g/mol. The second kappa shape index (κ2) is 28.0. The van der Waals surface area contributed by atoms with E-state index >= 15 is 0 Å². The highest BCUT2D eigenvalue weighted by atomic mass is 16.6. The number of unbranched alkanes of at least 4 members (excludes halogenated alkanes) is 14. The molecule has 0 fully saturated rings. The number of aromatic carboxylic acids is 2. The molecule has 0 unspecified atom stereocenters. The molecule has 2 rings (SSSR count). The quantitative estimate of drug-likeness (QED) is 0.0945. The first-order valence-electron chi connectivity index (χ1n) is 16.1. The lowest BCUT2D eigenvalue weighted by Crippen LogP contribution is -2.04. The molecule has 9 heteroatoms. The van der Waals surface area contributed by atoms with Crippen LogP contribution in [-0.2, 0) is 0 Å². The van der Waals surface area contributed by atoms with Crippen molar-refractivity contribution in [3.05, 3.63) is 59.7 Å². The van der Waals surface area contributed by atoms with Crippen molar-refractivity contribution in [2.45, 2.75) is 117 Å². The number of benzene rings is 2. The molecule has 44 heavy (non-hydrogen) atoms. The fourth-order valence-corrected chi connectivity index (χ4v) is 4.37. The van der Waals surface area contributed by atoms with Gasteiger partial charge in [0, 0.05) is 0 Å². The maximum atomic E-state index is 11.0. The predicted molar refractivity (Wildman–Crippen MR) is 174 cm³/mol. The van der Waals surface area contributed by atoms with E-state index in [1.54, 1.807) is 48.5 Å². The van der Waals surface area contributed by atoms with Crippen molar-refractivity contribution in [3.8, 4) is 11.5 Å². The number of hydrogen-bond acceptors (Lipinski definition) is 5. The Hall–Kier alpha value is -3.75. The van der Waals surface area contributed by atoms with E-state index in [0.717, 1.165) is 25.7 Å². The van der Waals surface area contributed by atoms with Crippen LogP contribution in [0.5, 0.6) is 11.5 Å². The van der Waals surface area contributed by atoms with Crippen LogP contribution in [0.3, 0.4) is 0 Å². The predicted octanol–water partition coefficient (Wildman–Crippen LogP) is 10.0. The van der Waals surface area contributed by atoms with Gasteiger partial charge in [-0.1, -0.05) is 128 Å². The van der Waals surface area contributed by atoms with E-state index in [4.69, 9.17) is 34.7 Å². The van der Waals surface area contributed by atoms with Gasteiger partial charge in [-0.05, 0) is 37.1 Å². The van der Waals surface area contributed by atoms with Crippen molar-refractivity contribution in [1.29, 1.82) is 0 Å². The molecule has 2 aromatic carbocycles. The topological polar surface area (TPSA) is 151 Å². The molecule has 0 amide bonds. The normalized spacial score (nSPS) is 10.0. The summed E-state index contributed by atoms with van der Waals surface area (Å²) in [7, 11) is 0. The summed E-state index contributed by atoms with van der Waals surface area (Å²) in [4.78, 5) is 30.6. The molecule has 4 N–H and O–H groups in total. The average Bonchev–Trinajstić information content (AvgIpc) is 3.00. The standard InChI is InChI=1S/2C17H26O3.CH2O3/c2*1-2-3-4-5-6-7-8-11-14-20-16-13-10-9-12-15(16)17(18)19;2-1(3)4/h2*9-10,12-13H,2-8,11,14H2,1H3,(H,18,19);(H2,2,3,4). The van der Waals surface area contributed by atoms with Gasteiger partial charge < -0.3 is 29.9 Å². The molecule has 248 valence electrons. The van der Waals surface area contributed by atoms with E-state index in [9.17, 15) is 9.59 Å². The lowest BCUT2D eigenvalue weighted by Gasteiger charge is -2.08. The number of rotatable bonds is 22. The fourth-order valence-electron chi connectivity index (χ4n) is 4.37. The third kappa shape index (κ3) is 22.8. The smallest absolute Gasteiger partial charge is 0.493 e. The minimum Gasteiger partial charge on any atom is -0.493 e. The number of para-hydroxylation sites is 2. The van der Waals surface area contributed by atoms with Gasteiger partial charge in [-0.2, -0.15) is 0 Å². The SMILES string of the molecule is CCCCCCCCCCOc1ccccc1C(=O)O.CCCCCCCCCCOc1ccccc1C(=O)O.O=C(O)O. The summed E-state index contributed by atoms with van der Waals surface area (Å²) in [6.45, 7) is 5.65. The number of ether oxygens (including phenoxy) is 2. The maximum Gasteiger partial charge on any atom is 0.503 e. The summed E-state index contributed by atoms with van der Waals surface area (Å²) >= 11 is 0. The van der Waals surface area contributed by atoms with Crippen LogP contribution in [-0.4, -0.2) is 51.7 Å². The van der Waals surface area contributed by atoms with Crippen molar-refractivity contribution in [2.24, 2.45) is 0 Å². The highest BCUT2D eigenvalue weighted by molar-refractivity contribution is 5.91. The third-order valence-corrected chi connectivity index (χ3v) is 6.75. The monoisotopic (exact) mass is 618 g/mol. The third-order valence-electron chi connectivity index (χ3n) is 6.75. The Balaban J connectivity index is 0.000000749. The van der Waals surface area contributed by atoms with Gasteiger partial charge in [-0.3, -0.25) is 0 Å². The van der Waals surface area contributed by atoms with Crippen molar-refractivity contribution in [1.82, 2.24) is 0 Å². The van der Waals surface area contributed by atoms with Gasteiger partial charge >= 0.3 is 18.1 Å². The molecule has 0 radical (unpaired) electrons. The number of hydrogen-bond donors (Lipinski definition) is 4. The van der Waals surface area contributed by atoms with Crippen molar-refractivity contribution < 1.29 is 44.3 Å². The molecule has 0 aliphatic rings. The van der Waals surface area contributed by atoms with E-state index in [0.29, 0.717) is 24.7 Å². The van der Waals surface area contributed by atoms with E-state index < -0.39 is 18.1 Å². The second-order valence-corrected chi connectivity index (χ2v) is 10.5. The summed E-state index contributed by atoms with van der Waals surface area (Å²) in [6.07, 6.45) is 18.1. The Kier molecular flexibility index (Phi) is 25.7. The van der Waals surface area contributed by atoms with Crippen LogP contribution >= 0.6 is 0 Å². The Bertz CT molecular complexity index is 943. The minimum absolute atomic E-state index is 0.243. The lowest BCUT2D eigenvalue weighted by atomic mass is 10.1. The molecule has 0 saturated heterocycles. The average molecular weight is 619 g/mol. The van der Waals surface area contributed by atoms with Gasteiger partial charge in [0.05, 0.1) is 13.2 Å². The van der Waals surface area contributed by atoms with Crippen LogP contribution in [0.15, 0.2) is 48.5 Å². The molecule has 0 heterocycles. The molecule has 0 atom stereocenters. The lowest BCUT2D eigenvalue weighted by molar-refractivity contribution is 0.0681. The molecular formula is C35H54O9. The molecule has 0 bridgehead atoms. The maximum absolute atomic E-state index is 11.0. The van der Waals surface area contributed by atoms with E-state index in [1.807, 2.05) is 0 Å². The van der Waals surface area contributed by atoms with Gasteiger partial charge in [-0.25, -0.2) is 14.4 Å². The molecule has 0 spiro atoms. The van der Waals surface area contributed by atoms with Crippen LogP contribution in [0, 0.1) is 0 Å². The molecule has 0 aliphatic carbocycles. The number of carboxylic acid groups (broad SMARTS) is 4. The zero-order chi connectivity index (χ0) is 32.8. The molecule has 0 aromatic heterocycles. The first-order chi connectivity index (χ1) is 21.2. The zero-order valence-corrected chi connectivity index (χ0v) is 26.7. The molecule has 9 nitrogen and oxygen atoms in total. The summed E-state index contributed by atoms with van der Waals surface area (Å²) in [5.41, 5.74) is 0.485. The Morgan fingerprint density at radius 2 is 0.750 bits per heavy atom. The van der Waals surface area contributed by atoms with Gasteiger partial charge in [0.25, 0.3) is 0 Å². The van der Waals surface area contributed by atoms with Crippen molar-refractivity contribution >= 4 is 18.1 Å². The Morgan fingerprint density at radius 3 is 1.05 bits per heavy atom. The second-order valence-electron chi connectivity index (χ2n) is 10.5. The minimum atomic E-state index is -1.83. The summed E-state index contributed by atoms with van der Waals surface area (Å²) < 4.78 is 11.1. The molecule has 0 saturated carbocycles. The fraction of sp³-hybridized carbons (Fsp3) is 0.571. The Labute approximate surface area is 263 Å². The van der Waals surface area contributed by atoms with Crippen LogP contribution < -0.4 is 9.47 Å². The largest absolute Gasteiger partial charge is 0.503 e. The van der Waals surface area contributed by atoms with Crippen molar-refractivity contribution in [2.75, 3.05) is 13.2 Å². The van der Waals surface area contributed by atoms with Crippen molar-refractivity contribution in [3.63, 3.8) is 0 Å². The van der Waals surface area contributed by atoms with Crippen LogP contribution in [0.4, 0.5) is 4.79 Å². The summed E-state index contributed by atoms with van der Waals surface area (Å²) in [5.74, 6) is -0.918. The van der Waals surface area contributed by atoms with E-state index in [2.05, 4.69) is 13.8 Å². The van der Waals surface area contributed by atoms with Crippen LogP contribution in [0.25, 0.3) is 0 Å². The zero-order valence-electron chi connectivity index (χ0n) is 26.7. The van der Waals surface area contributed by atoms with Crippen LogP contribution in [0.2, 0.25) is 0 Å². The van der Waals surface area contributed by atoms with Gasteiger partial charge in [-0.15, -0.1) is 0 Å². The first kappa shape index (κ1) is 40.2. The summed E-state index contributed by atoms with van der Waals surface area (Å²) in [6, 6.07) is 13.6. The first-order valence-corrected chi connectivity index (χ1v) is 16.1. The van der Waals surface area contributed by atoms with Gasteiger partial charge in [0.2, 0.25) is 0 Å². The van der Waals surface area contributed by atoms with Crippen LogP contribution in [0.1, 0.15) is 137 Å². The van der Waals surface area contributed by atoms with E-state index in [-0.39, 0.29) is 11.1 Å². The highest BCUT2D eigenvalue weighted by Crippen LogP contribution is 2.19. The van der Waals surface area contributed by atoms with E-state index in [1.165, 1.54) is 77.0 Å². The Morgan fingerprint density at radius 1 is 0.477 bits per heavy atom. The van der Waals surface area contributed by atoms with Gasteiger partial charge in [0.15, 0.2) is 0 Å². The summed E-state index contributed by atoms with van der Waals surface area (Å²) in [5, 5.41) is 32.0. The molecule has 2 aromatic rings. The molecule has 0 aliphatic heterocycles. The number of carboxylic acids is 2.